The molecule has 0 bridgehead atoms. The third kappa shape index (κ3) is 17.7. The summed E-state index contributed by atoms with van der Waals surface area (Å²) in [4.78, 5) is 59.3. The average molecular weight is 547 g/mol. The van der Waals surface area contributed by atoms with Crippen LogP contribution in [-0.2, 0) is 24.0 Å². The van der Waals surface area contributed by atoms with E-state index < -0.39 is 47.9 Å². The van der Waals surface area contributed by atoms with E-state index in [0.29, 0.717) is 18.8 Å². The summed E-state index contributed by atoms with van der Waals surface area (Å²) in [6.45, 7) is 13.1. The number of aliphatic hydroxyl groups is 1. The number of amides is 3. The summed E-state index contributed by atoms with van der Waals surface area (Å²) in [6.07, 6.45) is 1.47. The number of carboxylic acid groups (broad SMARTS) is 2. The number of carbonyl (C=O) groups excluding carboxylic acids is 3. The van der Waals surface area contributed by atoms with Gasteiger partial charge < -0.3 is 37.0 Å². The Morgan fingerprint density at radius 3 is 1.89 bits per heavy atom. The second kappa shape index (κ2) is 19.4. The summed E-state index contributed by atoms with van der Waals surface area (Å²) in [6, 6.07) is -3.97. The molecule has 4 unspecified atom stereocenters. The van der Waals surface area contributed by atoms with E-state index in [-0.39, 0.29) is 43.6 Å². The van der Waals surface area contributed by atoms with Gasteiger partial charge in [-0.15, -0.1) is 0 Å². The zero-order valence-corrected chi connectivity index (χ0v) is 24.0. The maximum absolute atomic E-state index is 12.5. The molecule has 4 atom stereocenters. The highest BCUT2D eigenvalue weighted by atomic mass is 16.4. The lowest BCUT2D eigenvalue weighted by Gasteiger charge is -2.27. The molecule has 0 aromatic carbocycles. The molecule has 12 nitrogen and oxygen atoms in total. The summed E-state index contributed by atoms with van der Waals surface area (Å²) >= 11 is 0. The lowest BCUT2D eigenvalue weighted by molar-refractivity contribution is -0.142. The van der Waals surface area contributed by atoms with Gasteiger partial charge in [-0.1, -0.05) is 41.5 Å². The first-order valence-corrected chi connectivity index (χ1v) is 13.3. The number of rotatable bonds is 18. The van der Waals surface area contributed by atoms with Gasteiger partial charge in [0.05, 0.1) is 12.6 Å². The molecule has 0 aliphatic carbocycles. The Morgan fingerprint density at radius 1 is 0.842 bits per heavy atom. The van der Waals surface area contributed by atoms with Crippen LogP contribution in [0.4, 0.5) is 0 Å². The molecule has 38 heavy (non-hydrogen) atoms. The van der Waals surface area contributed by atoms with E-state index in [2.05, 4.69) is 29.8 Å². The Bertz CT molecular complexity index is 758. The first kappa shape index (κ1) is 37.4. The van der Waals surface area contributed by atoms with Crippen molar-refractivity contribution in [2.75, 3.05) is 6.61 Å². The van der Waals surface area contributed by atoms with E-state index in [0.717, 1.165) is 6.42 Å². The number of hydrogen-bond donors (Lipinski definition) is 7. The first-order chi connectivity index (χ1) is 17.6. The van der Waals surface area contributed by atoms with Crippen molar-refractivity contribution in [2.24, 2.45) is 17.1 Å². The van der Waals surface area contributed by atoms with Gasteiger partial charge in [0.25, 0.3) is 0 Å². The smallest absolute Gasteiger partial charge is 0.326 e. The van der Waals surface area contributed by atoms with Gasteiger partial charge in [-0.2, -0.15) is 0 Å². The van der Waals surface area contributed by atoms with Crippen LogP contribution in [0.5, 0.6) is 0 Å². The van der Waals surface area contributed by atoms with Gasteiger partial charge in [0.2, 0.25) is 17.7 Å². The third-order valence-corrected chi connectivity index (χ3v) is 5.62. The number of carbonyl (C=O) groups is 5. The van der Waals surface area contributed by atoms with Gasteiger partial charge in [0, 0.05) is 12.8 Å². The molecule has 0 aromatic heterocycles. The number of nitrogens with two attached hydrogens (primary N) is 1. The topological polar surface area (TPSA) is 208 Å². The fraction of sp³-hybridized carbons (Fsp3) is 0.808. The monoisotopic (exact) mass is 546 g/mol. The summed E-state index contributed by atoms with van der Waals surface area (Å²) in [5.41, 5.74) is 5.17. The van der Waals surface area contributed by atoms with Crippen molar-refractivity contribution in [3.8, 4) is 0 Å². The predicted octanol–water partition coefficient (Wildman–Crippen LogP) is 1.39. The van der Waals surface area contributed by atoms with Crippen molar-refractivity contribution in [1.82, 2.24) is 16.0 Å². The predicted molar refractivity (Wildman–Crippen MR) is 144 cm³/mol. The minimum Gasteiger partial charge on any atom is -0.480 e. The molecule has 0 rings (SSSR count). The van der Waals surface area contributed by atoms with Crippen LogP contribution in [0.1, 0.15) is 93.4 Å². The molecule has 0 radical (unpaired) electrons. The highest BCUT2D eigenvalue weighted by Gasteiger charge is 2.27. The zero-order chi connectivity index (χ0) is 30.1. The van der Waals surface area contributed by atoms with Crippen molar-refractivity contribution in [1.29, 1.82) is 0 Å². The first-order valence-electron chi connectivity index (χ1n) is 13.3. The van der Waals surface area contributed by atoms with E-state index >= 15 is 0 Å². The van der Waals surface area contributed by atoms with Crippen LogP contribution in [0.3, 0.4) is 0 Å². The highest BCUT2D eigenvalue weighted by molar-refractivity contribution is 5.90. The molecule has 0 saturated carbocycles. The lowest BCUT2D eigenvalue weighted by Crippen LogP contribution is -2.51. The molecule has 222 valence electrons. The Hall–Kier alpha value is -2.73. The van der Waals surface area contributed by atoms with Crippen LogP contribution in [-0.4, -0.2) is 75.8 Å². The van der Waals surface area contributed by atoms with Gasteiger partial charge in [-0.3, -0.25) is 19.2 Å². The fourth-order valence-corrected chi connectivity index (χ4v) is 4.02. The maximum atomic E-state index is 12.5. The second-order valence-corrected chi connectivity index (χ2v) is 10.5. The van der Waals surface area contributed by atoms with Crippen LogP contribution < -0.4 is 21.7 Å². The Morgan fingerprint density at radius 2 is 1.42 bits per heavy atom. The standard InChI is InChI=1S/C24H44N4O8.C2H6/c1-14(2)11-24(4,5)12-20(31)26-15(3)21(32)28-18(23(35)36)9-10-19(30)27-16(13-29)7-6-8-17(25)22(33)34;1-2/h14-18,29H,6-13,25H2,1-5H3,(H,26,31)(H,27,30)(H,28,32)(H,33,34)(H,35,36);1-2H3. The number of aliphatic hydroxyl groups excluding tert-OH is 1. The lowest BCUT2D eigenvalue weighted by atomic mass is 9.81. The summed E-state index contributed by atoms with van der Waals surface area (Å²) in [5.74, 6) is -3.57. The zero-order valence-electron chi connectivity index (χ0n) is 24.0. The quantitative estimate of drug-likeness (QED) is 0.132. The molecule has 8 N–H and O–H groups in total. The molecule has 12 heteroatoms. The number of nitrogens with one attached hydrogen (secondary N) is 3. The van der Waals surface area contributed by atoms with Crippen molar-refractivity contribution in [2.45, 2.75) is 118 Å². The Kier molecular flexibility index (Phi) is 19.1. The largest absolute Gasteiger partial charge is 0.480 e. The van der Waals surface area contributed by atoms with Crippen LogP contribution in [0.15, 0.2) is 0 Å². The van der Waals surface area contributed by atoms with E-state index in [4.69, 9.17) is 10.8 Å². The molecular weight excluding hydrogens is 496 g/mol. The molecule has 0 aromatic rings. The van der Waals surface area contributed by atoms with Gasteiger partial charge in [0.15, 0.2) is 0 Å². The Labute approximate surface area is 226 Å². The van der Waals surface area contributed by atoms with E-state index in [1.807, 2.05) is 27.7 Å². The van der Waals surface area contributed by atoms with Crippen molar-refractivity contribution in [3.05, 3.63) is 0 Å². The van der Waals surface area contributed by atoms with Crippen LogP contribution in [0.2, 0.25) is 0 Å². The summed E-state index contributed by atoms with van der Waals surface area (Å²) < 4.78 is 0. The van der Waals surface area contributed by atoms with E-state index in [1.165, 1.54) is 6.92 Å². The summed E-state index contributed by atoms with van der Waals surface area (Å²) in [5, 5.41) is 35.2. The van der Waals surface area contributed by atoms with Gasteiger partial charge in [0.1, 0.15) is 18.1 Å². The molecule has 0 spiro atoms. The molecule has 3 amide bonds. The number of aliphatic carboxylic acids is 2. The number of hydrogen-bond acceptors (Lipinski definition) is 7. The van der Waals surface area contributed by atoms with Gasteiger partial charge >= 0.3 is 11.9 Å². The van der Waals surface area contributed by atoms with Crippen molar-refractivity contribution in [3.63, 3.8) is 0 Å². The van der Waals surface area contributed by atoms with Crippen LogP contribution in [0.25, 0.3) is 0 Å². The Balaban J connectivity index is 0. The van der Waals surface area contributed by atoms with Crippen LogP contribution in [0, 0.1) is 11.3 Å². The van der Waals surface area contributed by atoms with Crippen LogP contribution >= 0.6 is 0 Å². The second-order valence-electron chi connectivity index (χ2n) is 10.5. The molecule has 0 aliphatic heterocycles. The minimum absolute atomic E-state index is 0.179. The molecule has 0 heterocycles. The van der Waals surface area contributed by atoms with Crippen molar-refractivity contribution < 1.29 is 39.3 Å². The summed E-state index contributed by atoms with van der Waals surface area (Å²) in [7, 11) is 0. The van der Waals surface area contributed by atoms with Gasteiger partial charge in [-0.25, -0.2) is 4.79 Å². The minimum atomic E-state index is -1.35. The molecule has 0 aliphatic rings. The van der Waals surface area contributed by atoms with Gasteiger partial charge in [-0.05, 0) is 50.4 Å². The average Bonchev–Trinajstić information content (AvgIpc) is 2.80. The van der Waals surface area contributed by atoms with E-state index in [1.54, 1.807) is 0 Å². The highest BCUT2D eigenvalue weighted by Crippen LogP contribution is 2.28. The fourth-order valence-electron chi connectivity index (χ4n) is 4.02. The SMILES string of the molecule is CC.CC(C)CC(C)(C)CC(=O)NC(C)C(=O)NC(CCC(=O)NC(CO)CCCC(N)C(=O)O)C(=O)O. The molecular formula is C26H50N4O8. The number of carboxylic acids is 2. The maximum Gasteiger partial charge on any atom is 0.326 e. The molecule has 0 saturated heterocycles. The molecule has 0 fully saturated rings. The normalized spacial score (nSPS) is 14.3. The third-order valence-electron chi connectivity index (χ3n) is 5.62. The van der Waals surface area contributed by atoms with E-state index in [9.17, 15) is 34.2 Å². The van der Waals surface area contributed by atoms with Crippen molar-refractivity contribution >= 4 is 29.7 Å².